The zero-order chi connectivity index (χ0) is 25.1. The van der Waals surface area contributed by atoms with E-state index in [2.05, 4.69) is 55.1 Å². The third-order valence-electron chi connectivity index (χ3n) is 7.84. The number of rotatable bonds is 6. The maximum absolute atomic E-state index is 11.2. The summed E-state index contributed by atoms with van der Waals surface area (Å²) in [6.45, 7) is 5.94. The van der Waals surface area contributed by atoms with Crippen LogP contribution in [0.15, 0.2) is 97.6 Å². The van der Waals surface area contributed by atoms with Gasteiger partial charge in [-0.15, -0.1) is 6.58 Å². The maximum Gasteiger partial charge on any atom is 0.126 e. The van der Waals surface area contributed by atoms with Gasteiger partial charge in [-0.3, -0.25) is 0 Å². The van der Waals surface area contributed by atoms with E-state index in [0.717, 1.165) is 59.1 Å². The molecule has 0 saturated heterocycles. The Hall–Kier alpha value is -3.78. The Balaban J connectivity index is 1.76. The van der Waals surface area contributed by atoms with E-state index >= 15 is 0 Å². The number of aryl methyl sites for hydroxylation is 1. The number of phenolic OH excluding ortho intramolecular Hbond substituents is 2. The zero-order valence-electron chi connectivity index (χ0n) is 21.0. The molecule has 0 aromatic heterocycles. The first-order valence-corrected chi connectivity index (χ1v) is 13.0. The van der Waals surface area contributed by atoms with E-state index in [0.29, 0.717) is 17.9 Å². The van der Waals surface area contributed by atoms with Gasteiger partial charge in [0.1, 0.15) is 11.5 Å². The van der Waals surface area contributed by atoms with E-state index in [4.69, 9.17) is 0 Å². The summed E-state index contributed by atoms with van der Waals surface area (Å²) in [6, 6.07) is 29.1. The third kappa shape index (κ3) is 4.33. The largest absolute Gasteiger partial charge is 0.507 e. The van der Waals surface area contributed by atoms with Gasteiger partial charge in [-0.25, -0.2) is 0 Å². The normalized spacial score (nSPS) is 14.9. The molecular weight excluding hydrogens is 440 g/mol. The van der Waals surface area contributed by atoms with Crippen LogP contribution in [-0.4, -0.2) is 10.2 Å². The van der Waals surface area contributed by atoms with E-state index < -0.39 is 0 Å². The van der Waals surface area contributed by atoms with Crippen molar-refractivity contribution in [3.63, 3.8) is 0 Å². The SMILES string of the molecule is C=CCc1cc(C2(c3cc(C)c(O)c(-c4ccccc4)c3)CCCCC2)cc(-c2ccccc2)c1O. The topological polar surface area (TPSA) is 40.5 Å². The molecule has 4 aromatic rings. The lowest BCUT2D eigenvalue weighted by molar-refractivity contribution is 0.345. The molecule has 0 heterocycles. The highest BCUT2D eigenvalue weighted by Crippen LogP contribution is 2.49. The minimum atomic E-state index is -0.187. The second-order valence-corrected chi connectivity index (χ2v) is 10.1. The minimum absolute atomic E-state index is 0.187. The summed E-state index contributed by atoms with van der Waals surface area (Å²) in [4.78, 5) is 0. The van der Waals surface area contributed by atoms with Gasteiger partial charge in [-0.2, -0.15) is 0 Å². The van der Waals surface area contributed by atoms with Gasteiger partial charge >= 0.3 is 0 Å². The van der Waals surface area contributed by atoms with E-state index in [-0.39, 0.29) is 5.41 Å². The fourth-order valence-electron chi connectivity index (χ4n) is 5.91. The summed E-state index contributed by atoms with van der Waals surface area (Å²) in [5, 5.41) is 22.3. The van der Waals surface area contributed by atoms with Gasteiger partial charge in [-0.1, -0.05) is 98.1 Å². The Kier molecular flexibility index (Phi) is 6.69. The molecule has 4 aromatic carbocycles. The first-order chi connectivity index (χ1) is 17.5. The van der Waals surface area contributed by atoms with Crippen LogP contribution in [0.5, 0.6) is 11.5 Å². The van der Waals surface area contributed by atoms with Gasteiger partial charge in [-0.05, 0) is 71.7 Å². The fraction of sp³-hybridized carbons (Fsp3) is 0.235. The van der Waals surface area contributed by atoms with Crippen LogP contribution in [0, 0.1) is 6.92 Å². The first kappa shape index (κ1) is 23.9. The quantitative estimate of drug-likeness (QED) is 0.274. The summed E-state index contributed by atoms with van der Waals surface area (Å²) in [5.41, 5.74) is 7.87. The van der Waals surface area contributed by atoms with Crippen molar-refractivity contribution in [1.29, 1.82) is 0 Å². The Morgan fingerprint density at radius 2 is 1.25 bits per heavy atom. The lowest BCUT2D eigenvalue weighted by atomic mass is 9.64. The van der Waals surface area contributed by atoms with Crippen LogP contribution >= 0.6 is 0 Å². The molecule has 0 aliphatic heterocycles. The molecule has 1 aliphatic rings. The summed E-state index contributed by atoms with van der Waals surface area (Å²) < 4.78 is 0. The second kappa shape index (κ2) is 10.1. The molecular formula is C34H34O2. The van der Waals surface area contributed by atoms with Gasteiger partial charge in [0.15, 0.2) is 0 Å². The molecule has 0 atom stereocenters. The predicted molar refractivity (Wildman–Crippen MR) is 150 cm³/mol. The number of hydrogen-bond acceptors (Lipinski definition) is 2. The van der Waals surface area contributed by atoms with Gasteiger partial charge in [0, 0.05) is 16.5 Å². The predicted octanol–water partition coefficient (Wildman–Crippen LogP) is 8.72. The van der Waals surface area contributed by atoms with Gasteiger partial charge in [0.25, 0.3) is 0 Å². The van der Waals surface area contributed by atoms with Crippen molar-refractivity contribution in [3.05, 3.63) is 120 Å². The van der Waals surface area contributed by atoms with Crippen molar-refractivity contribution in [2.24, 2.45) is 0 Å². The van der Waals surface area contributed by atoms with Gasteiger partial charge in [0.05, 0.1) is 0 Å². The van der Waals surface area contributed by atoms with E-state index in [1.54, 1.807) is 0 Å². The Labute approximate surface area is 214 Å². The van der Waals surface area contributed by atoms with Crippen molar-refractivity contribution in [3.8, 4) is 33.8 Å². The Morgan fingerprint density at radius 3 is 1.81 bits per heavy atom. The summed E-state index contributed by atoms with van der Waals surface area (Å²) in [6.07, 6.45) is 8.08. The van der Waals surface area contributed by atoms with E-state index in [1.165, 1.54) is 17.5 Å². The van der Waals surface area contributed by atoms with Crippen molar-refractivity contribution in [2.45, 2.75) is 50.9 Å². The number of allylic oxidation sites excluding steroid dienone is 1. The zero-order valence-corrected chi connectivity index (χ0v) is 21.0. The Morgan fingerprint density at radius 1 is 0.722 bits per heavy atom. The minimum Gasteiger partial charge on any atom is -0.507 e. The van der Waals surface area contributed by atoms with Gasteiger partial charge in [0.2, 0.25) is 0 Å². The maximum atomic E-state index is 11.2. The average molecular weight is 475 g/mol. The van der Waals surface area contributed by atoms with Crippen LogP contribution in [-0.2, 0) is 11.8 Å². The molecule has 2 heteroatoms. The molecule has 1 aliphatic carbocycles. The molecule has 0 radical (unpaired) electrons. The van der Waals surface area contributed by atoms with Crippen LogP contribution in [0.1, 0.15) is 54.4 Å². The molecule has 5 rings (SSSR count). The monoisotopic (exact) mass is 474 g/mol. The van der Waals surface area contributed by atoms with Crippen LogP contribution in [0.3, 0.4) is 0 Å². The molecule has 1 fully saturated rings. The Bertz CT molecular complexity index is 1360. The van der Waals surface area contributed by atoms with Crippen LogP contribution in [0.25, 0.3) is 22.3 Å². The molecule has 0 bridgehead atoms. The highest BCUT2D eigenvalue weighted by atomic mass is 16.3. The molecule has 2 nitrogen and oxygen atoms in total. The van der Waals surface area contributed by atoms with Crippen molar-refractivity contribution < 1.29 is 10.2 Å². The van der Waals surface area contributed by atoms with Crippen molar-refractivity contribution in [1.82, 2.24) is 0 Å². The van der Waals surface area contributed by atoms with Gasteiger partial charge < -0.3 is 10.2 Å². The molecule has 0 spiro atoms. The standard InChI is InChI=1S/C34H34O2/c1-3-13-27-21-29(23-31(33(27)36)26-16-9-5-10-17-26)34(18-11-6-12-19-34)28-20-24(2)32(35)30(22-28)25-14-7-4-8-15-25/h3-5,7-10,14-17,20-23,35-36H,1,6,11-13,18-19H2,2H3. The number of aromatic hydroxyl groups is 2. The fourth-order valence-corrected chi connectivity index (χ4v) is 5.91. The molecule has 182 valence electrons. The first-order valence-electron chi connectivity index (χ1n) is 13.0. The molecule has 2 N–H and O–H groups in total. The van der Waals surface area contributed by atoms with E-state index in [9.17, 15) is 10.2 Å². The summed E-state index contributed by atoms with van der Waals surface area (Å²) in [5.74, 6) is 0.682. The van der Waals surface area contributed by atoms with Crippen molar-refractivity contribution in [2.75, 3.05) is 0 Å². The second-order valence-electron chi connectivity index (χ2n) is 10.1. The lowest BCUT2D eigenvalue weighted by Crippen LogP contribution is -2.31. The third-order valence-corrected chi connectivity index (χ3v) is 7.84. The molecule has 36 heavy (non-hydrogen) atoms. The van der Waals surface area contributed by atoms with Crippen LogP contribution in [0.2, 0.25) is 0 Å². The molecule has 0 unspecified atom stereocenters. The average Bonchev–Trinajstić information content (AvgIpc) is 2.92. The summed E-state index contributed by atoms with van der Waals surface area (Å²) >= 11 is 0. The number of hydrogen-bond donors (Lipinski definition) is 2. The highest BCUT2D eigenvalue weighted by Gasteiger charge is 2.37. The lowest BCUT2D eigenvalue weighted by Gasteiger charge is -2.40. The van der Waals surface area contributed by atoms with Crippen LogP contribution < -0.4 is 0 Å². The smallest absolute Gasteiger partial charge is 0.126 e. The van der Waals surface area contributed by atoms with Crippen molar-refractivity contribution >= 4 is 0 Å². The number of phenols is 2. The van der Waals surface area contributed by atoms with E-state index in [1.807, 2.05) is 49.4 Å². The molecule has 0 amide bonds. The molecule has 1 saturated carbocycles. The van der Waals surface area contributed by atoms with Crippen LogP contribution in [0.4, 0.5) is 0 Å². The summed E-state index contributed by atoms with van der Waals surface area (Å²) in [7, 11) is 0. The highest BCUT2D eigenvalue weighted by molar-refractivity contribution is 5.76. The number of benzene rings is 4.